The van der Waals surface area contributed by atoms with E-state index in [9.17, 15) is 4.79 Å². The molecule has 0 bridgehead atoms. The van der Waals surface area contributed by atoms with E-state index in [0.717, 1.165) is 16.5 Å². The Morgan fingerprint density at radius 1 is 1.33 bits per heavy atom. The Kier molecular flexibility index (Phi) is 1.45. The van der Waals surface area contributed by atoms with Crippen LogP contribution >= 0.6 is 0 Å². The molecule has 2 N–H and O–H groups in total. The Balaban J connectivity index is 2.49. The highest BCUT2D eigenvalue weighted by atomic mass is 16.1. The minimum Gasteiger partial charge on any atom is -0.366 e. The maximum Gasteiger partial charge on any atom is 0.250 e. The van der Waals surface area contributed by atoms with Gasteiger partial charge in [-0.1, -0.05) is 24.3 Å². The molecule has 0 atom stereocenters. The SMILES string of the molecule is NC(=O)c1cccc2c1=NC1=CC=CC=21. The minimum atomic E-state index is -0.430. The molecule has 1 heterocycles. The summed E-state index contributed by atoms with van der Waals surface area (Å²) in [6, 6.07) is 5.49. The summed E-state index contributed by atoms with van der Waals surface area (Å²) in [7, 11) is 0. The molecule has 1 aliphatic heterocycles. The van der Waals surface area contributed by atoms with Gasteiger partial charge in [0.2, 0.25) is 0 Å². The normalized spacial score (nSPS) is 15.7. The summed E-state index contributed by atoms with van der Waals surface area (Å²) in [5.74, 6) is -0.430. The van der Waals surface area contributed by atoms with Crippen molar-refractivity contribution in [1.29, 1.82) is 0 Å². The molecule has 0 fully saturated rings. The van der Waals surface area contributed by atoms with Crippen molar-refractivity contribution in [3.8, 4) is 0 Å². The van der Waals surface area contributed by atoms with E-state index in [0.29, 0.717) is 10.9 Å². The van der Waals surface area contributed by atoms with Gasteiger partial charge >= 0.3 is 0 Å². The third kappa shape index (κ3) is 1.00. The molecular weight excluding hydrogens is 188 g/mol. The molecule has 1 aliphatic carbocycles. The second kappa shape index (κ2) is 2.67. The summed E-state index contributed by atoms with van der Waals surface area (Å²) in [4.78, 5) is 15.6. The molecule has 1 amide bonds. The number of fused-ring (bicyclic) bond motifs is 2. The predicted octanol–water partition coefficient (Wildman–Crippen LogP) is 0.0231. The van der Waals surface area contributed by atoms with Crippen LogP contribution in [-0.4, -0.2) is 5.91 Å². The maximum absolute atomic E-state index is 11.2. The van der Waals surface area contributed by atoms with Crippen LogP contribution in [0, 0.1) is 0 Å². The lowest BCUT2D eigenvalue weighted by atomic mass is 10.1. The van der Waals surface area contributed by atoms with Gasteiger partial charge in [0, 0.05) is 10.8 Å². The molecule has 15 heavy (non-hydrogen) atoms. The molecule has 2 aliphatic rings. The van der Waals surface area contributed by atoms with E-state index in [1.54, 1.807) is 6.07 Å². The van der Waals surface area contributed by atoms with Gasteiger partial charge in [0.05, 0.1) is 16.6 Å². The first-order chi connectivity index (χ1) is 7.27. The highest BCUT2D eigenvalue weighted by Crippen LogP contribution is 2.20. The first kappa shape index (κ1) is 8.17. The van der Waals surface area contributed by atoms with Gasteiger partial charge in [0.1, 0.15) is 0 Å². The summed E-state index contributed by atoms with van der Waals surface area (Å²) < 4.78 is 0. The number of carbonyl (C=O) groups is 1. The lowest BCUT2D eigenvalue weighted by molar-refractivity contribution is 0.0999. The molecular formula is C12H8N2O. The minimum absolute atomic E-state index is 0.430. The number of carbonyl (C=O) groups excluding carboxylic acids is 1. The number of hydrogen-bond donors (Lipinski definition) is 1. The topological polar surface area (TPSA) is 55.5 Å². The third-order valence-electron chi connectivity index (χ3n) is 2.62. The van der Waals surface area contributed by atoms with Crippen LogP contribution in [0.15, 0.2) is 47.1 Å². The van der Waals surface area contributed by atoms with E-state index in [1.165, 1.54) is 0 Å². The third-order valence-corrected chi connectivity index (χ3v) is 2.62. The van der Waals surface area contributed by atoms with Crippen LogP contribution in [0.1, 0.15) is 10.4 Å². The fraction of sp³-hybridized carbons (Fsp3) is 0. The average Bonchev–Trinajstić information content (AvgIpc) is 2.75. The van der Waals surface area contributed by atoms with Crippen LogP contribution in [0.5, 0.6) is 0 Å². The first-order valence-electron chi connectivity index (χ1n) is 4.68. The number of para-hydroxylation sites is 1. The summed E-state index contributed by atoms with van der Waals surface area (Å²) in [6.45, 7) is 0. The number of benzene rings is 1. The fourth-order valence-corrected chi connectivity index (χ4v) is 1.94. The van der Waals surface area contributed by atoms with Gasteiger partial charge in [-0.15, -0.1) is 0 Å². The van der Waals surface area contributed by atoms with Crippen molar-refractivity contribution in [2.24, 2.45) is 10.7 Å². The van der Waals surface area contributed by atoms with Crippen molar-refractivity contribution >= 4 is 11.5 Å². The van der Waals surface area contributed by atoms with Crippen LogP contribution < -0.4 is 16.3 Å². The summed E-state index contributed by atoms with van der Waals surface area (Å²) in [5.41, 5.74) is 7.77. The van der Waals surface area contributed by atoms with Crippen molar-refractivity contribution in [2.75, 3.05) is 0 Å². The molecule has 72 valence electrons. The van der Waals surface area contributed by atoms with Crippen molar-refractivity contribution < 1.29 is 4.79 Å². The molecule has 0 aromatic heterocycles. The van der Waals surface area contributed by atoms with Crippen LogP contribution in [-0.2, 0) is 0 Å². The van der Waals surface area contributed by atoms with Gasteiger partial charge in [0.15, 0.2) is 0 Å². The smallest absolute Gasteiger partial charge is 0.250 e. The average molecular weight is 196 g/mol. The van der Waals surface area contributed by atoms with E-state index in [4.69, 9.17) is 5.73 Å². The fourth-order valence-electron chi connectivity index (χ4n) is 1.94. The van der Waals surface area contributed by atoms with Crippen LogP contribution in [0.25, 0.3) is 5.57 Å². The Hall–Kier alpha value is -2.16. The molecule has 0 radical (unpaired) electrons. The van der Waals surface area contributed by atoms with Crippen molar-refractivity contribution in [3.05, 3.63) is 58.3 Å². The van der Waals surface area contributed by atoms with Gasteiger partial charge in [-0.05, 0) is 12.1 Å². The predicted molar refractivity (Wildman–Crippen MR) is 56.4 cm³/mol. The van der Waals surface area contributed by atoms with Crippen molar-refractivity contribution in [1.82, 2.24) is 0 Å². The Morgan fingerprint density at radius 2 is 2.20 bits per heavy atom. The molecule has 3 nitrogen and oxygen atoms in total. The molecule has 0 saturated heterocycles. The highest BCUT2D eigenvalue weighted by molar-refractivity contribution is 5.93. The van der Waals surface area contributed by atoms with Crippen molar-refractivity contribution in [3.63, 3.8) is 0 Å². The van der Waals surface area contributed by atoms with E-state index in [-0.39, 0.29) is 0 Å². The summed E-state index contributed by atoms with van der Waals surface area (Å²) >= 11 is 0. The number of nitrogens with two attached hydrogens (primary N) is 1. The van der Waals surface area contributed by atoms with Gasteiger partial charge in [-0.2, -0.15) is 0 Å². The largest absolute Gasteiger partial charge is 0.366 e. The zero-order valence-corrected chi connectivity index (χ0v) is 7.90. The standard InChI is InChI=1S/C12H8N2O/c13-12(15)9-5-1-4-8-7-3-2-6-10(7)14-11(8)9/h1-6H,(H2,13,15). The molecule has 0 spiro atoms. The number of primary amides is 1. The van der Waals surface area contributed by atoms with Crippen LogP contribution in [0.3, 0.4) is 0 Å². The van der Waals surface area contributed by atoms with Crippen LogP contribution in [0.2, 0.25) is 0 Å². The Labute approximate surface area is 85.9 Å². The lowest BCUT2D eigenvalue weighted by Crippen LogP contribution is -2.31. The molecule has 1 aromatic carbocycles. The van der Waals surface area contributed by atoms with Gasteiger partial charge in [-0.25, -0.2) is 4.99 Å². The quantitative estimate of drug-likeness (QED) is 0.676. The van der Waals surface area contributed by atoms with E-state index in [2.05, 4.69) is 4.99 Å². The molecule has 0 unspecified atom stereocenters. The molecule has 0 saturated carbocycles. The number of rotatable bonds is 1. The molecule has 3 rings (SSSR count). The van der Waals surface area contributed by atoms with Crippen LogP contribution in [0.4, 0.5) is 0 Å². The van der Waals surface area contributed by atoms with E-state index in [1.807, 2.05) is 30.4 Å². The second-order valence-electron chi connectivity index (χ2n) is 3.50. The zero-order chi connectivity index (χ0) is 10.4. The highest BCUT2D eigenvalue weighted by Gasteiger charge is 2.16. The van der Waals surface area contributed by atoms with Crippen molar-refractivity contribution in [2.45, 2.75) is 0 Å². The number of amides is 1. The van der Waals surface area contributed by atoms with E-state index >= 15 is 0 Å². The summed E-state index contributed by atoms with van der Waals surface area (Å²) in [5, 5.41) is 1.70. The lowest BCUT2D eigenvalue weighted by Gasteiger charge is -1.93. The maximum atomic E-state index is 11.2. The monoisotopic (exact) mass is 196 g/mol. The number of nitrogens with zero attached hydrogens (tertiary/aromatic N) is 1. The van der Waals surface area contributed by atoms with Gasteiger partial charge < -0.3 is 5.73 Å². The summed E-state index contributed by atoms with van der Waals surface area (Å²) in [6.07, 6.45) is 5.88. The van der Waals surface area contributed by atoms with E-state index < -0.39 is 5.91 Å². The zero-order valence-electron chi connectivity index (χ0n) is 7.90. The van der Waals surface area contributed by atoms with Gasteiger partial charge in [-0.3, -0.25) is 4.79 Å². The Bertz CT molecular complexity index is 651. The van der Waals surface area contributed by atoms with Gasteiger partial charge in [0.25, 0.3) is 5.91 Å². The second-order valence-corrected chi connectivity index (χ2v) is 3.50. The first-order valence-corrected chi connectivity index (χ1v) is 4.68. The molecule has 1 aromatic rings. The Morgan fingerprint density at radius 3 is 3.00 bits per heavy atom. The number of hydrogen-bond acceptors (Lipinski definition) is 2. The molecule has 3 heteroatoms. The number of allylic oxidation sites excluding steroid dienone is 3.